The van der Waals surface area contributed by atoms with E-state index in [9.17, 15) is 0 Å². The number of hydrogen-bond acceptors (Lipinski definition) is 5. The van der Waals surface area contributed by atoms with Crippen molar-refractivity contribution in [1.29, 1.82) is 0 Å². The van der Waals surface area contributed by atoms with Crippen LogP contribution in [-0.2, 0) is 13.2 Å². The van der Waals surface area contributed by atoms with Crippen LogP contribution in [-0.4, -0.2) is 19.9 Å². The highest BCUT2D eigenvalue weighted by Gasteiger charge is 2.13. The standard InChI is InChI=1S/C24H23BrCl2N2O3/c1-3-31-23-12-17(13-28-29-14-18-6-4-5-7-22(18)30-2)10-19(25)24(23)32-15-16-8-9-20(26)21(27)11-16/h4-13,29H,3,14-15H2,1-2H3/b28-13+. The monoisotopic (exact) mass is 536 g/mol. The molecule has 5 nitrogen and oxygen atoms in total. The molecule has 0 aromatic heterocycles. The molecule has 0 aliphatic rings. The molecule has 32 heavy (non-hydrogen) atoms. The molecule has 0 aliphatic heterocycles. The number of para-hydroxylation sites is 1. The Morgan fingerprint density at radius 3 is 2.56 bits per heavy atom. The number of rotatable bonds is 10. The quantitative estimate of drug-likeness (QED) is 0.226. The summed E-state index contributed by atoms with van der Waals surface area (Å²) in [5, 5.41) is 5.32. The van der Waals surface area contributed by atoms with Gasteiger partial charge in [-0.15, -0.1) is 0 Å². The molecule has 0 bridgehead atoms. The summed E-state index contributed by atoms with van der Waals surface area (Å²) >= 11 is 15.7. The minimum absolute atomic E-state index is 0.323. The highest BCUT2D eigenvalue weighted by atomic mass is 79.9. The SMILES string of the molecule is CCOc1cc(/C=N/NCc2ccccc2OC)cc(Br)c1OCc1ccc(Cl)c(Cl)c1. The Bertz CT molecular complexity index is 1090. The second kappa shape index (κ2) is 12.0. The zero-order valence-electron chi connectivity index (χ0n) is 17.7. The number of nitrogens with zero attached hydrogens (tertiary/aromatic N) is 1. The summed E-state index contributed by atoms with van der Waals surface area (Å²) < 4.78 is 17.9. The molecule has 0 aliphatic carbocycles. The lowest BCUT2D eigenvalue weighted by Gasteiger charge is -2.15. The molecule has 3 aromatic rings. The number of hydrazone groups is 1. The largest absolute Gasteiger partial charge is 0.496 e. The first-order chi connectivity index (χ1) is 15.5. The zero-order valence-corrected chi connectivity index (χ0v) is 20.8. The van der Waals surface area contributed by atoms with E-state index in [1.54, 1.807) is 25.5 Å². The van der Waals surface area contributed by atoms with Crippen LogP contribution in [0.25, 0.3) is 0 Å². The van der Waals surface area contributed by atoms with Gasteiger partial charge in [0.2, 0.25) is 0 Å². The Morgan fingerprint density at radius 1 is 1.00 bits per heavy atom. The van der Waals surface area contributed by atoms with Crippen molar-refractivity contribution in [2.24, 2.45) is 5.10 Å². The molecule has 0 spiro atoms. The summed E-state index contributed by atoms with van der Waals surface area (Å²) in [4.78, 5) is 0. The van der Waals surface area contributed by atoms with Gasteiger partial charge in [0.25, 0.3) is 0 Å². The van der Waals surface area contributed by atoms with Crippen molar-refractivity contribution < 1.29 is 14.2 Å². The Balaban J connectivity index is 1.70. The van der Waals surface area contributed by atoms with Crippen LogP contribution >= 0.6 is 39.1 Å². The molecule has 1 N–H and O–H groups in total. The Hall–Kier alpha value is -2.41. The predicted molar refractivity (Wildman–Crippen MR) is 134 cm³/mol. The third-order valence-corrected chi connectivity index (χ3v) is 5.79. The van der Waals surface area contributed by atoms with Gasteiger partial charge in [-0.1, -0.05) is 47.5 Å². The smallest absolute Gasteiger partial charge is 0.175 e. The fourth-order valence-electron chi connectivity index (χ4n) is 2.95. The summed E-state index contributed by atoms with van der Waals surface area (Å²) in [5.41, 5.74) is 5.83. The second-order valence-corrected chi connectivity index (χ2v) is 8.37. The van der Waals surface area contributed by atoms with Crippen LogP contribution < -0.4 is 19.6 Å². The van der Waals surface area contributed by atoms with Gasteiger partial charge in [0, 0.05) is 5.56 Å². The van der Waals surface area contributed by atoms with E-state index in [0.29, 0.717) is 41.3 Å². The van der Waals surface area contributed by atoms with Gasteiger partial charge < -0.3 is 19.6 Å². The highest BCUT2D eigenvalue weighted by molar-refractivity contribution is 9.10. The molecule has 8 heteroatoms. The van der Waals surface area contributed by atoms with Crippen LogP contribution in [0.1, 0.15) is 23.6 Å². The van der Waals surface area contributed by atoms with Crippen molar-refractivity contribution in [2.75, 3.05) is 13.7 Å². The van der Waals surface area contributed by atoms with E-state index in [0.717, 1.165) is 26.9 Å². The van der Waals surface area contributed by atoms with Crippen molar-refractivity contribution in [3.8, 4) is 17.2 Å². The van der Waals surface area contributed by atoms with Crippen LogP contribution in [0.4, 0.5) is 0 Å². The molecular weight excluding hydrogens is 515 g/mol. The van der Waals surface area contributed by atoms with Crippen LogP contribution in [0.2, 0.25) is 10.0 Å². The number of hydrogen-bond donors (Lipinski definition) is 1. The normalized spacial score (nSPS) is 10.9. The number of nitrogens with one attached hydrogen (secondary N) is 1. The maximum absolute atomic E-state index is 6.10. The third kappa shape index (κ3) is 6.55. The zero-order chi connectivity index (χ0) is 22.9. The van der Waals surface area contributed by atoms with Crippen molar-refractivity contribution in [3.05, 3.63) is 85.8 Å². The fourth-order valence-corrected chi connectivity index (χ4v) is 3.85. The molecule has 0 atom stereocenters. The maximum atomic E-state index is 6.10. The lowest BCUT2D eigenvalue weighted by Crippen LogP contribution is -2.07. The van der Waals surface area contributed by atoms with Gasteiger partial charge in [-0.3, -0.25) is 0 Å². The summed E-state index contributed by atoms with van der Waals surface area (Å²) in [6.07, 6.45) is 1.73. The van der Waals surface area contributed by atoms with E-state index in [2.05, 4.69) is 26.5 Å². The topological polar surface area (TPSA) is 52.1 Å². The molecule has 0 radical (unpaired) electrons. The molecule has 168 valence electrons. The van der Waals surface area contributed by atoms with E-state index < -0.39 is 0 Å². The van der Waals surface area contributed by atoms with Gasteiger partial charge in [0.1, 0.15) is 12.4 Å². The average Bonchev–Trinajstić information content (AvgIpc) is 2.79. The molecule has 0 fully saturated rings. The van der Waals surface area contributed by atoms with Crippen molar-refractivity contribution in [2.45, 2.75) is 20.1 Å². The Kier molecular flexibility index (Phi) is 9.09. The van der Waals surface area contributed by atoms with E-state index in [4.69, 9.17) is 37.4 Å². The summed E-state index contributed by atoms with van der Waals surface area (Å²) in [6, 6.07) is 17.0. The fraction of sp³-hybridized carbons (Fsp3) is 0.208. The first-order valence-electron chi connectivity index (χ1n) is 9.92. The van der Waals surface area contributed by atoms with E-state index >= 15 is 0 Å². The summed E-state index contributed by atoms with van der Waals surface area (Å²) in [7, 11) is 1.65. The molecule has 0 saturated carbocycles. The van der Waals surface area contributed by atoms with Gasteiger partial charge >= 0.3 is 0 Å². The molecule has 3 aromatic carbocycles. The summed E-state index contributed by atoms with van der Waals surface area (Å²) in [5.74, 6) is 2.05. The van der Waals surface area contributed by atoms with Crippen LogP contribution in [0.3, 0.4) is 0 Å². The number of halogens is 3. The minimum Gasteiger partial charge on any atom is -0.496 e. The van der Waals surface area contributed by atoms with E-state index in [1.165, 1.54) is 0 Å². The first kappa shape index (κ1) is 24.2. The van der Waals surface area contributed by atoms with Gasteiger partial charge in [-0.05, 0) is 64.3 Å². The third-order valence-electron chi connectivity index (χ3n) is 4.47. The maximum Gasteiger partial charge on any atom is 0.175 e. The lowest BCUT2D eigenvalue weighted by molar-refractivity contribution is 0.267. The molecular formula is C24H23BrCl2N2O3. The molecule has 0 amide bonds. The lowest BCUT2D eigenvalue weighted by atomic mass is 10.2. The van der Waals surface area contributed by atoms with Crippen LogP contribution in [0.5, 0.6) is 17.2 Å². The Labute approximate surface area is 206 Å². The molecule has 0 heterocycles. The Morgan fingerprint density at radius 2 is 1.81 bits per heavy atom. The van der Waals surface area contributed by atoms with Crippen molar-refractivity contribution in [3.63, 3.8) is 0 Å². The van der Waals surface area contributed by atoms with Crippen molar-refractivity contribution >= 4 is 45.3 Å². The van der Waals surface area contributed by atoms with Gasteiger partial charge in [0.05, 0.1) is 41.0 Å². The van der Waals surface area contributed by atoms with E-state index in [-0.39, 0.29) is 0 Å². The molecule has 3 rings (SSSR count). The number of ether oxygens (including phenoxy) is 3. The second-order valence-electron chi connectivity index (χ2n) is 6.71. The summed E-state index contributed by atoms with van der Waals surface area (Å²) in [6.45, 7) is 3.29. The number of benzene rings is 3. The van der Waals surface area contributed by atoms with Gasteiger partial charge in [0.15, 0.2) is 11.5 Å². The van der Waals surface area contributed by atoms with Crippen LogP contribution in [0.15, 0.2) is 64.2 Å². The molecule has 0 unspecified atom stereocenters. The predicted octanol–water partition coefficient (Wildman–Crippen LogP) is 6.87. The molecule has 0 saturated heterocycles. The first-order valence-corrected chi connectivity index (χ1v) is 11.5. The highest BCUT2D eigenvalue weighted by Crippen LogP contribution is 2.37. The van der Waals surface area contributed by atoms with Gasteiger partial charge in [-0.25, -0.2) is 0 Å². The number of methoxy groups -OCH3 is 1. The van der Waals surface area contributed by atoms with E-state index in [1.807, 2.05) is 49.4 Å². The minimum atomic E-state index is 0.323. The average molecular weight is 538 g/mol. The van der Waals surface area contributed by atoms with Crippen LogP contribution in [0, 0.1) is 0 Å². The van der Waals surface area contributed by atoms with Crippen molar-refractivity contribution in [1.82, 2.24) is 5.43 Å². The van der Waals surface area contributed by atoms with Gasteiger partial charge in [-0.2, -0.15) is 5.10 Å².